The number of benzene rings is 1. The Morgan fingerprint density at radius 2 is 1.73 bits per heavy atom. The van der Waals surface area contributed by atoms with Gasteiger partial charge in [-0.25, -0.2) is 0 Å². The largest absolute Gasteiger partial charge is 0.369 e. The van der Waals surface area contributed by atoms with Gasteiger partial charge in [0.05, 0.1) is 0 Å². The first-order chi connectivity index (χ1) is 7.29. The average molecular weight is 203 g/mol. The van der Waals surface area contributed by atoms with Gasteiger partial charge in [0.1, 0.15) is 0 Å². The zero-order valence-electron chi connectivity index (χ0n) is 8.89. The monoisotopic (exact) mass is 203 g/mol. The van der Waals surface area contributed by atoms with Crippen molar-refractivity contribution in [2.24, 2.45) is 4.99 Å². The van der Waals surface area contributed by atoms with Crippen LogP contribution in [0.3, 0.4) is 0 Å². The molecule has 0 saturated heterocycles. The third-order valence-electron chi connectivity index (χ3n) is 2.91. The van der Waals surface area contributed by atoms with Crippen LogP contribution in [0.15, 0.2) is 35.3 Å². The fourth-order valence-electron chi connectivity index (χ4n) is 1.98. The molecule has 15 heavy (non-hydrogen) atoms. The molecule has 0 spiro atoms. The van der Waals surface area contributed by atoms with E-state index < -0.39 is 5.72 Å². The number of hydrogen-bond acceptors (Lipinski definition) is 2. The van der Waals surface area contributed by atoms with Crippen molar-refractivity contribution < 1.29 is 5.11 Å². The van der Waals surface area contributed by atoms with E-state index in [2.05, 4.69) is 4.99 Å². The van der Waals surface area contributed by atoms with Gasteiger partial charge in [0.2, 0.25) is 0 Å². The normalized spacial score (nSPS) is 20.6. The van der Waals surface area contributed by atoms with Gasteiger partial charge in [-0.05, 0) is 31.2 Å². The van der Waals surface area contributed by atoms with Crippen LogP contribution >= 0.6 is 0 Å². The van der Waals surface area contributed by atoms with Crippen LogP contribution < -0.4 is 0 Å². The Morgan fingerprint density at radius 3 is 2.40 bits per heavy atom. The highest BCUT2D eigenvalue weighted by atomic mass is 16.3. The molecule has 2 heteroatoms. The molecule has 0 atom stereocenters. The Morgan fingerprint density at radius 1 is 1.07 bits per heavy atom. The van der Waals surface area contributed by atoms with Gasteiger partial charge in [-0.1, -0.05) is 36.8 Å². The summed E-state index contributed by atoms with van der Waals surface area (Å²) in [6.45, 7) is 0. The summed E-state index contributed by atoms with van der Waals surface area (Å²) in [7, 11) is 0. The number of rotatable bonds is 2. The Labute approximate surface area is 90.7 Å². The first-order valence-corrected chi connectivity index (χ1v) is 5.61. The maximum Gasteiger partial charge on any atom is 0.155 e. The van der Waals surface area contributed by atoms with E-state index in [-0.39, 0.29) is 0 Å². The van der Waals surface area contributed by atoms with Gasteiger partial charge < -0.3 is 5.11 Å². The lowest BCUT2D eigenvalue weighted by molar-refractivity contribution is 0.0135. The smallest absolute Gasteiger partial charge is 0.155 e. The molecule has 1 saturated carbocycles. The quantitative estimate of drug-likeness (QED) is 0.736. The SMILES string of the molecule is OC1(N=Cc2ccccc2)CCCCC1. The lowest BCUT2D eigenvalue weighted by Crippen LogP contribution is -2.28. The van der Waals surface area contributed by atoms with Crippen LogP contribution in [0, 0.1) is 0 Å². The second-order valence-electron chi connectivity index (χ2n) is 4.21. The summed E-state index contributed by atoms with van der Waals surface area (Å²) in [4.78, 5) is 4.32. The van der Waals surface area contributed by atoms with Gasteiger partial charge in [-0.2, -0.15) is 0 Å². The minimum absolute atomic E-state index is 0.798. The molecule has 2 rings (SSSR count). The minimum atomic E-state index is -0.798. The average Bonchev–Trinajstić information content (AvgIpc) is 2.29. The van der Waals surface area contributed by atoms with Crippen LogP contribution in [-0.4, -0.2) is 17.0 Å². The summed E-state index contributed by atoms with van der Waals surface area (Å²) in [5, 5.41) is 10.1. The second-order valence-corrected chi connectivity index (χ2v) is 4.21. The molecule has 0 heterocycles. The van der Waals surface area contributed by atoms with E-state index in [4.69, 9.17) is 0 Å². The van der Waals surface area contributed by atoms with Crippen LogP contribution in [0.5, 0.6) is 0 Å². The second kappa shape index (κ2) is 4.58. The Hall–Kier alpha value is -1.15. The van der Waals surface area contributed by atoms with Crippen LogP contribution in [0.1, 0.15) is 37.7 Å². The summed E-state index contributed by atoms with van der Waals surface area (Å²) >= 11 is 0. The van der Waals surface area contributed by atoms with Crippen molar-refractivity contribution in [1.29, 1.82) is 0 Å². The van der Waals surface area contributed by atoms with Crippen molar-refractivity contribution in [3.8, 4) is 0 Å². The number of aliphatic hydroxyl groups is 1. The van der Waals surface area contributed by atoms with E-state index in [9.17, 15) is 5.11 Å². The Kier molecular flexibility index (Phi) is 3.17. The first-order valence-electron chi connectivity index (χ1n) is 5.61. The predicted octanol–water partition coefficient (Wildman–Crippen LogP) is 2.76. The summed E-state index contributed by atoms with van der Waals surface area (Å²) < 4.78 is 0. The molecule has 1 aliphatic carbocycles. The van der Waals surface area contributed by atoms with Gasteiger partial charge >= 0.3 is 0 Å². The molecule has 0 aromatic heterocycles. The van der Waals surface area contributed by atoms with Crippen molar-refractivity contribution in [2.75, 3.05) is 0 Å². The molecule has 80 valence electrons. The Bertz CT molecular complexity index is 326. The molecule has 0 amide bonds. The number of nitrogens with zero attached hydrogens (tertiary/aromatic N) is 1. The lowest BCUT2D eigenvalue weighted by atomic mass is 9.92. The van der Waals surface area contributed by atoms with E-state index in [1.807, 2.05) is 30.3 Å². The summed E-state index contributed by atoms with van der Waals surface area (Å²) in [5.74, 6) is 0. The third-order valence-corrected chi connectivity index (χ3v) is 2.91. The molecule has 1 aromatic carbocycles. The summed E-state index contributed by atoms with van der Waals surface area (Å²) in [6.07, 6.45) is 6.78. The van der Waals surface area contributed by atoms with Crippen molar-refractivity contribution in [1.82, 2.24) is 0 Å². The zero-order valence-corrected chi connectivity index (χ0v) is 8.89. The van der Waals surface area contributed by atoms with Crippen molar-refractivity contribution in [3.63, 3.8) is 0 Å². The molecular weight excluding hydrogens is 186 g/mol. The van der Waals surface area contributed by atoms with E-state index in [1.54, 1.807) is 6.21 Å². The van der Waals surface area contributed by atoms with Crippen LogP contribution in [0.4, 0.5) is 0 Å². The highest BCUT2D eigenvalue weighted by molar-refractivity contribution is 5.79. The van der Waals surface area contributed by atoms with Gasteiger partial charge in [0.25, 0.3) is 0 Å². The number of aliphatic imine (C=N–C) groups is 1. The first kappa shape index (κ1) is 10.4. The molecule has 1 aliphatic rings. The predicted molar refractivity (Wildman–Crippen MR) is 62.1 cm³/mol. The molecule has 1 aromatic rings. The van der Waals surface area contributed by atoms with Crippen molar-refractivity contribution >= 4 is 6.21 Å². The molecular formula is C13H17NO. The van der Waals surface area contributed by atoms with Gasteiger partial charge in [-0.15, -0.1) is 0 Å². The fraction of sp³-hybridized carbons (Fsp3) is 0.462. The van der Waals surface area contributed by atoms with Crippen LogP contribution in [0.2, 0.25) is 0 Å². The van der Waals surface area contributed by atoms with E-state index >= 15 is 0 Å². The molecule has 0 bridgehead atoms. The van der Waals surface area contributed by atoms with Crippen molar-refractivity contribution in [2.45, 2.75) is 37.8 Å². The lowest BCUT2D eigenvalue weighted by Gasteiger charge is -2.27. The van der Waals surface area contributed by atoms with Gasteiger partial charge in [0.15, 0.2) is 5.72 Å². The summed E-state index contributed by atoms with van der Waals surface area (Å²) in [5.41, 5.74) is 0.255. The minimum Gasteiger partial charge on any atom is -0.369 e. The standard InChI is InChI=1S/C13H17NO/c15-13(9-5-2-6-10-13)14-11-12-7-3-1-4-8-12/h1,3-4,7-8,11,15H,2,5-6,9-10H2. The molecule has 1 N–H and O–H groups in total. The third kappa shape index (κ3) is 2.90. The maximum atomic E-state index is 10.1. The summed E-state index contributed by atoms with van der Waals surface area (Å²) in [6, 6.07) is 9.93. The Balaban J connectivity index is 2.04. The highest BCUT2D eigenvalue weighted by Crippen LogP contribution is 2.28. The number of hydrogen-bond donors (Lipinski definition) is 1. The zero-order chi connectivity index (χ0) is 10.6. The van der Waals surface area contributed by atoms with Gasteiger partial charge in [0, 0.05) is 6.21 Å². The fourth-order valence-corrected chi connectivity index (χ4v) is 1.98. The van der Waals surface area contributed by atoms with Crippen molar-refractivity contribution in [3.05, 3.63) is 35.9 Å². The maximum absolute atomic E-state index is 10.1. The molecule has 0 radical (unpaired) electrons. The topological polar surface area (TPSA) is 32.6 Å². The molecule has 2 nitrogen and oxygen atoms in total. The molecule has 1 fully saturated rings. The van der Waals surface area contributed by atoms with E-state index in [1.165, 1.54) is 6.42 Å². The van der Waals surface area contributed by atoms with Crippen LogP contribution in [0.25, 0.3) is 0 Å². The van der Waals surface area contributed by atoms with Gasteiger partial charge in [-0.3, -0.25) is 4.99 Å². The molecule has 0 unspecified atom stereocenters. The van der Waals surface area contributed by atoms with E-state index in [0.717, 1.165) is 31.2 Å². The van der Waals surface area contributed by atoms with Crippen LogP contribution in [-0.2, 0) is 0 Å². The van der Waals surface area contributed by atoms with E-state index in [0.29, 0.717) is 0 Å². The highest BCUT2D eigenvalue weighted by Gasteiger charge is 2.27. The molecule has 0 aliphatic heterocycles.